The van der Waals surface area contributed by atoms with Crippen LogP contribution in [0, 0.1) is 0 Å². The van der Waals surface area contributed by atoms with Gasteiger partial charge in [0.05, 0.1) is 0 Å². The van der Waals surface area contributed by atoms with Gasteiger partial charge in [0.25, 0.3) is 11.8 Å². The highest BCUT2D eigenvalue weighted by Crippen LogP contribution is 2.33. The smallest absolute Gasteiger partial charge is 0.322 e. The first kappa shape index (κ1) is 15.2. The molecular formula is C16H15N5O4. The number of nitrogens with one attached hydrogen (secondary N) is 1. The van der Waals surface area contributed by atoms with Gasteiger partial charge in [0.15, 0.2) is 11.5 Å². The minimum Gasteiger partial charge on any atom is -0.482 e. The highest BCUT2D eigenvalue weighted by Gasteiger charge is 2.34. The van der Waals surface area contributed by atoms with E-state index >= 15 is 0 Å². The van der Waals surface area contributed by atoms with Crippen LogP contribution in [0.25, 0.3) is 11.6 Å². The number of amides is 1. The van der Waals surface area contributed by atoms with Gasteiger partial charge in [-0.3, -0.25) is 14.8 Å². The number of aryl methyl sites for hydroxylation is 1. The SMILES string of the molecule is C[C@H]1Oc2ccccc2O[C@H]1C(=O)Nc1nnc(-c2ccnn2C)o1. The molecule has 9 heteroatoms. The van der Waals surface area contributed by atoms with Crippen molar-refractivity contribution in [3.63, 3.8) is 0 Å². The summed E-state index contributed by atoms with van der Waals surface area (Å²) in [6.07, 6.45) is 0.320. The summed E-state index contributed by atoms with van der Waals surface area (Å²) in [5.74, 6) is 0.953. The summed E-state index contributed by atoms with van der Waals surface area (Å²) in [6.45, 7) is 1.76. The number of rotatable bonds is 3. The van der Waals surface area contributed by atoms with Gasteiger partial charge in [0.2, 0.25) is 6.10 Å². The monoisotopic (exact) mass is 341 g/mol. The first-order valence-electron chi connectivity index (χ1n) is 7.67. The zero-order valence-corrected chi connectivity index (χ0v) is 13.5. The van der Waals surface area contributed by atoms with E-state index in [9.17, 15) is 4.79 Å². The standard InChI is InChI=1S/C16H15N5O4/c1-9-13(24-12-6-4-3-5-11(12)23-9)14(22)18-16-20-19-15(25-16)10-7-8-17-21(10)2/h3-9,13H,1-2H3,(H,18,20,22)/t9-,13-/m1/s1. The van der Waals surface area contributed by atoms with Crippen LogP contribution in [-0.2, 0) is 11.8 Å². The lowest BCUT2D eigenvalue weighted by Crippen LogP contribution is -2.46. The Morgan fingerprint density at radius 2 is 1.92 bits per heavy atom. The highest BCUT2D eigenvalue weighted by molar-refractivity contribution is 5.93. The predicted octanol–water partition coefficient (Wildman–Crippen LogP) is 1.64. The highest BCUT2D eigenvalue weighted by atomic mass is 16.6. The molecule has 25 heavy (non-hydrogen) atoms. The molecule has 0 saturated heterocycles. The minimum absolute atomic E-state index is 0.0177. The first-order chi connectivity index (χ1) is 12.1. The Morgan fingerprint density at radius 1 is 1.16 bits per heavy atom. The molecule has 0 radical (unpaired) electrons. The normalized spacial score (nSPS) is 18.8. The molecule has 3 heterocycles. The average Bonchev–Trinajstić information content (AvgIpc) is 3.22. The van der Waals surface area contributed by atoms with Crippen LogP contribution in [0.15, 0.2) is 40.9 Å². The predicted molar refractivity (Wildman–Crippen MR) is 86.1 cm³/mol. The average molecular weight is 341 g/mol. The van der Waals surface area contributed by atoms with Crippen LogP contribution in [0.5, 0.6) is 11.5 Å². The molecule has 1 N–H and O–H groups in total. The van der Waals surface area contributed by atoms with E-state index in [1.54, 1.807) is 43.0 Å². The first-order valence-corrected chi connectivity index (χ1v) is 7.67. The second kappa shape index (κ2) is 5.93. The molecule has 2 atom stereocenters. The number of hydrogen-bond donors (Lipinski definition) is 1. The lowest BCUT2D eigenvalue weighted by atomic mass is 10.1. The van der Waals surface area contributed by atoms with Crippen LogP contribution >= 0.6 is 0 Å². The van der Waals surface area contributed by atoms with Gasteiger partial charge in [-0.15, -0.1) is 5.10 Å². The Labute approximate surface area is 142 Å². The fourth-order valence-corrected chi connectivity index (χ4v) is 2.54. The fourth-order valence-electron chi connectivity index (χ4n) is 2.54. The second-order valence-electron chi connectivity index (χ2n) is 5.55. The molecule has 0 unspecified atom stereocenters. The van der Waals surface area contributed by atoms with E-state index in [0.29, 0.717) is 17.2 Å². The van der Waals surface area contributed by atoms with E-state index in [1.165, 1.54) is 0 Å². The third-order valence-corrected chi connectivity index (χ3v) is 3.80. The third-order valence-electron chi connectivity index (χ3n) is 3.80. The van der Waals surface area contributed by atoms with Gasteiger partial charge in [-0.25, -0.2) is 0 Å². The van der Waals surface area contributed by atoms with Crippen molar-refractivity contribution in [3.8, 4) is 23.1 Å². The van der Waals surface area contributed by atoms with Crippen LogP contribution < -0.4 is 14.8 Å². The number of hydrogen-bond acceptors (Lipinski definition) is 7. The lowest BCUT2D eigenvalue weighted by Gasteiger charge is -2.30. The van der Waals surface area contributed by atoms with Gasteiger partial charge in [-0.1, -0.05) is 17.2 Å². The number of anilines is 1. The van der Waals surface area contributed by atoms with Crippen molar-refractivity contribution in [1.82, 2.24) is 20.0 Å². The molecule has 0 fully saturated rings. The molecule has 1 aliphatic rings. The number of fused-ring (bicyclic) bond motifs is 1. The molecule has 2 aromatic heterocycles. The van der Waals surface area contributed by atoms with Crippen molar-refractivity contribution in [2.45, 2.75) is 19.1 Å². The number of ether oxygens (including phenoxy) is 2. The van der Waals surface area contributed by atoms with Crippen LogP contribution in [0.3, 0.4) is 0 Å². The van der Waals surface area contributed by atoms with Crippen LogP contribution in [0.2, 0.25) is 0 Å². The molecular weight excluding hydrogens is 326 g/mol. The van der Waals surface area contributed by atoms with E-state index in [0.717, 1.165) is 0 Å². The summed E-state index contributed by atoms with van der Waals surface area (Å²) < 4.78 is 18.5. The van der Waals surface area contributed by atoms with Crippen LogP contribution in [-0.4, -0.2) is 38.1 Å². The van der Waals surface area contributed by atoms with Crippen LogP contribution in [0.4, 0.5) is 6.01 Å². The Hall–Kier alpha value is -3.36. The summed E-state index contributed by atoms with van der Waals surface area (Å²) in [5, 5.41) is 14.3. The molecule has 1 aromatic carbocycles. The maximum Gasteiger partial charge on any atom is 0.322 e. The molecule has 4 rings (SSSR count). The van der Waals surface area contributed by atoms with Crippen molar-refractivity contribution in [2.24, 2.45) is 7.05 Å². The Kier molecular flexibility index (Phi) is 3.60. The Morgan fingerprint density at radius 3 is 2.64 bits per heavy atom. The van der Waals surface area contributed by atoms with Gasteiger partial charge in [0, 0.05) is 13.2 Å². The van der Waals surface area contributed by atoms with Crippen molar-refractivity contribution in [2.75, 3.05) is 5.32 Å². The number of carbonyl (C=O) groups excluding carboxylic acids is 1. The van der Waals surface area contributed by atoms with Crippen molar-refractivity contribution in [3.05, 3.63) is 36.5 Å². The molecule has 0 spiro atoms. The van der Waals surface area contributed by atoms with Gasteiger partial charge < -0.3 is 13.9 Å². The van der Waals surface area contributed by atoms with Crippen molar-refractivity contribution < 1.29 is 18.7 Å². The van der Waals surface area contributed by atoms with Gasteiger partial charge in [-0.05, 0) is 25.1 Å². The molecule has 9 nitrogen and oxygen atoms in total. The summed E-state index contributed by atoms with van der Waals surface area (Å²) in [4.78, 5) is 12.5. The van der Waals surface area contributed by atoms with Gasteiger partial charge >= 0.3 is 6.01 Å². The number of nitrogens with zero attached hydrogens (tertiary/aromatic N) is 4. The summed E-state index contributed by atoms with van der Waals surface area (Å²) in [5.41, 5.74) is 0.646. The molecule has 3 aromatic rings. The molecule has 0 aliphatic carbocycles. The summed E-state index contributed by atoms with van der Waals surface area (Å²) in [7, 11) is 1.75. The second-order valence-corrected chi connectivity index (χ2v) is 5.55. The number of para-hydroxylation sites is 2. The zero-order chi connectivity index (χ0) is 17.4. The third kappa shape index (κ3) is 2.80. The molecule has 128 valence electrons. The topological polar surface area (TPSA) is 104 Å². The number of benzene rings is 1. The fraction of sp³-hybridized carbons (Fsp3) is 0.250. The van der Waals surface area contributed by atoms with E-state index in [4.69, 9.17) is 13.9 Å². The molecule has 0 saturated carbocycles. The Balaban J connectivity index is 1.49. The molecule has 1 aliphatic heterocycles. The molecule has 0 bridgehead atoms. The van der Waals surface area contributed by atoms with E-state index in [-0.39, 0.29) is 11.9 Å². The van der Waals surface area contributed by atoms with E-state index < -0.39 is 18.1 Å². The maximum atomic E-state index is 12.5. The lowest BCUT2D eigenvalue weighted by molar-refractivity contribution is -0.128. The van der Waals surface area contributed by atoms with Crippen LogP contribution in [0.1, 0.15) is 6.92 Å². The quantitative estimate of drug-likeness (QED) is 0.772. The summed E-state index contributed by atoms with van der Waals surface area (Å²) in [6, 6.07) is 8.90. The summed E-state index contributed by atoms with van der Waals surface area (Å²) >= 11 is 0. The Bertz CT molecular complexity index is 919. The maximum absolute atomic E-state index is 12.5. The van der Waals surface area contributed by atoms with Crippen molar-refractivity contribution in [1.29, 1.82) is 0 Å². The minimum atomic E-state index is -0.832. The van der Waals surface area contributed by atoms with Gasteiger partial charge in [0.1, 0.15) is 11.8 Å². The van der Waals surface area contributed by atoms with Gasteiger partial charge in [-0.2, -0.15) is 5.10 Å². The van der Waals surface area contributed by atoms with E-state index in [2.05, 4.69) is 20.6 Å². The number of aromatic nitrogens is 4. The molecule has 1 amide bonds. The number of carbonyl (C=O) groups is 1. The zero-order valence-electron chi connectivity index (χ0n) is 13.5. The van der Waals surface area contributed by atoms with E-state index in [1.807, 2.05) is 12.1 Å². The van der Waals surface area contributed by atoms with Crippen molar-refractivity contribution >= 4 is 11.9 Å². The largest absolute Gasteiger partial charge is 0.482 e.